The van der Waals surface area contributed by atoms with Crippen LogP contribution in [0.25, 0.3) is 0 Å². The Morgan fingerprint density at radius 2 is 2.33 bits per heavy atom. The molecule has 1 unspecified atom stereocenters. The van der Waals surface area contributed by atoms with Crippen LogP contribution in [-0.2, 0) is 0 Å². The van der Waals surface area contributed by atoms with E-state index >= 15 is 0 Å². The van der Waals surface area contributed by atoms with Crippen LogP contribution in [0.15, 0.2) is 24.3 Å². The average Bonchev–Trinajstić information content (AvgIpc) is 2.87. The summed E-state index contributed by atoms with van der Waals surface area (Å²) in [6, 6.07) is 8.16. The van der Waals surface area contributed by atoms with Gasteiger partial charge in [-0.1, -0.05) is 18.2 Å². The highest BCUT2D eigenvalue weighted by Gasteiger charge is 2.25. The van der Waals surface area contributed by atoms with E-state index in [0.29, 0.717) is 0 Å². The number of benzene rings is 1. The molecule has 0 amide bonds. The van der Waals surface area contributed by atoms with Crippen LogP contribution >= 0.6 is 11.5 Å². The van der Waals surface area contributed by atoms with Gasteiger partial charge in [-0.05, 0) is 19.4 Å². The van der Waals surface area contributed by atoms with Gasteiger partial charge in [-0.25, -0.2) is 4.98 Å². The summed E-state index contributed by atoms with van der Waals surface area (Å²) in [4.78, 5) is 4.56. The van der Waals surface area contributed by atoms with Gasteiger partial charge in [0.1, 0.15) is 5.75 Å². The largest absolute Gasteiger partial charge is 0.493 e. The van der Waals surface area contributed by atoms with Gasteiger partial charge in [-0.3, -0.25) is 0 Å². The molecular formula is C13H15N3OS. The summed E-state index contributed by atoms with van der Waals surface area (Å²) in [5.41, 5.74) is 1.20. The van der Waals surface area contributed by atoms with Crippen LogP contribution in [0, 0.1) is 0 Å². The molecule has 0 aliphatic carbocycles. The SMILES string of the molecule is CCNc1nc(C2CCOc3ccccc32)ns1. The lowest BCUT2D eigenvalue weighted by molar-refractivity contribution is 0.275. The number of fused-ring (bicyclic) bond motifs is 1. The van der Waals surface area contributed by atoms with Crippen LogP contribution in [0.1, 0.15) is 30.7 Å². The molecule has 1 aromatic heterocycles. The van der Waals surface area contributed by atoms with Gasteiger partial charge in [-0.2, -0.15) is 4.37 Å². The molecule has 1 aromatic carbocycles. The van der Waals surface area contributed by atoms with Crippen molar-refractivity contribution in [2.24, 2.45) is 0 Å². The Hall–Kier alpha value is -1.62. The Morgan fingerprint density at radius 3 is 3.22 bits per heavy atom. The molecule has 0 bridgehead atoms. The summed E-state index contributed by atoms with van der Waals surface area (Å²) >= 11 is 1.43. The first kappa shape index (κ1) is 11.5. The minimum atomic E-state index is 0.263. The molecule has 1 aliphatic heterocycles. The van der Waals surface area contributed by atoms with Gasteiger partial charge in [-0.15, -0.1) is 0 Å². The van der Waals surface area contributed by atoms with Crippen molar-refractivity contribution in [3.05, 3.63) is 35.7 Å². The van der Waals surface area contributed by atoms with Crippen molar-refractivity contribution in [2.45, 2.75) is 19.3 Å². The molecule has 2 aromatic rings. The highest BCUT2D eigenvalue weighted by atomic mass is 32.1. The van der Waals surface area contributed by atoms with Gasteiger partial charge in [0.05, 0.1) is 12.5 Å². The minimum absolute atomic E-state index is 0.263. The van der Waals surface area contributed by atoms with Gasteiger partial charge in [0, 0.05) is 23.6 Å². The van der Waals surface area contributed by atoms with Crippen molar-refractivity contribution in [3.8, 4) is 5.75 Å². The molecule has 4 nitrogen and oxygen atoms in total. The van der Waals surface area contributed by atoms with Gasteiger partial charge in [0.15, 0.2) is 5.82 Å². The topological polar surface area (TPSA) is 47.0 Å². The molecule has 94 valence electrons. The zero-order chi connectivity index (χ0) is 12.4. The van der Waals surface area contributed by atoms with Crippen LogP contribution in [0.3, 0.4) is 0 Å². The Morgan fingerprint density at radius 1 is 1.44 bits per heavy atom. The standard InChI is InChI=1S/C13H15N3OS/c1-2-14-13-15-12(16-18-13)10-7-8-17-11-6-4-3-5-9(10)11/h3-6,10H,2,7-8H2,1H3,(H,14,15,16). The summed E-state index contributed by atoms with van der Waals surface area (Å²) in [5.74, 6) is 2.14. The van der Waals surface area contributed by atoms with E-state index in [2.05, 4.69) is 27.7 Å². The van der Waals surface area contributed by atoms with E-state index in [-0.39, 0.29) is 5.92 Å². The minimum Gasteiger partial charge on any atom is -0.493 e. The third kappa shape index (κ3) is 2.06. The molecule has 0 saturated heterocycles. The molecule has 18 heavy (non-hydrogen) atoms. The van der Waals surface area contributed by atoms with Crippen molar-refractivity contribution < 1.29 is 4.74 Å². The molecule has 1 N–H and O–H groups in total. The normalized spacial score (nSPS) is 17.9. The Bertz CT molecular complexity index is 541. The molecular weight excluding hydrogens is 246 g/mol. The van der Waals surface area contributed by atoms with Crippen molar-refractivity contribution >= 4 is 16.7 Å². The Labute approximate surface area is 110 Å². The van der Waals surface area contributed by atoms with Crippen molar-refractivity contribution in [1.82, 2.24) is 9.36 Å². The van der Waals surface area contributed by atoms with E-state index in [9.17, 15) is 0 Å². The number of aromatic nitrogens is 2. The predicted octanol–water partition coefficient (Wildman–Crippen LogP) is 2.88. The zero-order valence-corrected chi connectivity index (χ0v) is 11.0. The fourth-order valence-corrected chi connectivity index (χ4v) is 2.90. The highest BCUT2D eigenvalue weighted by molar-refractivity contribution is 7.09. The van der Waals surface area contributed by atoms with Crippen LogP contribution in [0.2, 0.25) is 0 Å². The lowest BCUT2D eigenvalue weighted by atomic mass is 9.93. The van der Waals surface area contributed by atoms with Gasteiger partial charge < -0.3 is 10.1 Å². The maximum absolute atomic E-state index is 5.66. The highest BCUT2D eigenvalue weighted by Crippen LogP contribution is 2.37. The van der Waals surface area contributed by atoms with Gasteiger partial charge >= 0.3 is 0 Å². The van der Waals surface area contributed by atoms with Gasteiger partial charge in [0.25, 0.3) is 0 Å². The third-order valence-electron chi connectivity index (χ3n) is 3.04. The number of nitrogens with zero attached hydrogens (tertiary/aromatic N) is 2. The second-order valence-electron chi connectivity index (χ2n) is 4.22. The first-order valence-corrected chi connectivity index (χ1v) is 6.95. The van der Waals surface area contributed by atoms with Gasteiger partial charge in [0.2, 0.25) is 5.13 Å². The van der Waals surface area contributed by atoms with E-state index in [1.807, 2.05) is 18.2 Å². The smallest absolute Gasteiger partial charge is 0.202 e. The first-order valence-electron chi connectivity index (χ1n) is 6.17. The number of nitrogens with one attached hydrogen (secondary N) is 1. The fourth-order valence-electron chi connectivity index (χ4n) is 2.21. The summed E-state index contributed by atoms with van der Waals surface area (Å²) in [6.07, 6.45) is 0.944. The molecule has 5 heteroatoms. The summed E-state index contributed by atoms with van der Waals surface area (Å²) in [7, 11) is 0. The van der Waals surface area contributed by atoms with E-state index in [1.165, 1.54) is 17.1 Å². The lowest BCUT2D eigenvalue weighted by Gasteiger charge is -2.23. The molecule has 0 saturated carbocycles. The summed E-state index contributed by atoms with van der Waals surface area (Å²) in [6.45, 7) is 3.67. The molecule has 1 atom stereocenters. The summed E-state index contributed by atoms with van der Waals surface area (Å²) < 4.78 is 10.1. The lowest BCUT2D eigenvalue weighted by Crippen LogP contribution is -2.16. The fraction of sp³-hybridized carbons (Fsp3) is 0.385. The average molecular weight is 261 g/mol. The quantitative estimate of drug-likeness (QED) is 0.923. The Balaban J connectivity index is 1.92. The Kier molecular flexibility index (Phi) is 3.15. The van der Waals surface area contributed by atoms with Crippen molar-refractivity contribution in [1.29, 1.82) is 0 Å². The van der Waals surface area contributed by atoms with E-state index < -0.39 is 0 Å². The van der Waals surface area contributed by atoms with Crippen LogP contribution in [0.4, 0.5) is 5.13 Å². The van der Waals surface area contributed by atoms with E-state index in [1.54, 1.807) is 0 Å². The van der Waals surface area contributed by atoms with Crippen molar-refractivity contribution in [3.63, 3.8) is 0 Å². The summed E-state index contributed by atoms with van der Waals surface area (Å²) in [5, 5.41) is 4.10. The zero-order valence-electron chi connectivity index (χ0n) is 10.2. The maximum atomic E-state index is 5.66. The van der Waals surface area contributed by atoms with Crippen LogP contribution < -0.4 is 10.1 Å². The number of anilines is 1. The number of ether oxygens (including phenoxy) is 1. The molecule has 2 heterocycles. The second kappa shape index (κ2) is 4.94. The second-order valence-corrected chi connectivity index (χ2v) is 4.97. The number of para-hydroxylation sites is 1. The monoisotopic (exact) mass is 261 g/mol. The van der Waals surface area contributed by atoms with E-state index in [4.69, 9.17) is 4.74 Å². The predicted molar refractivity (Wildman–Crippen MR) is 72.5 cm³/mol. The molecule has 3 rings (SSSR count). The molecule has 0 fully saturated rings. The number of hydrogen-bond donors (Lipinski definition) is 1. The molecule has 0 spiro atoms. The number of rotatable bonds is 3. The third-order valence-corrected chi connectivity index (χ3v) is 3.73. The van der Waals surface area contributed by atoms with Crippen LogP contribution in [0.5, 0.6) is 5.75 Å². The molecule has 1 aliphatic rings. The van der Waals surface area contributed by atoms with Crippen LogP contribution in [-0.4, -0.2) is 22.5 Å². The maximum Gasteiger partial charge on any atom is 0.202 e. The van der Waals surface area contributed by atoms with Crippen molar-refractivity contribution in [2.75, 3.05) is 18.5 Å². The first-order chi connectivity index (χ1) is 8.88. The van der Waals surface area contributed by atoms with E-state index in [0.717, 1.165) is 36.3 Å². The molecule has 0 radical (unpaired) electrons. The number of hydrogen-bond acceptors (Lipinski definition) is 5.